The Morgan fingerprint density at radius 1 is 0.667 bits per heavy atom. The SMILES string of the molecule is CCCCCCCCCCCC[C@H](O[Si](c1ccccc1)(c1ccccc1)C(C)(C)C)C(O)/C=C\C(OCC)OCC. The van der Waals surface area contributed by atoms with E-state index in [4.69, 9.17) is 13.9 Å². The van der Waals surface area contributed by atoms with E-state index in [0.29, 0.717) is 13.2 Å². The average Bonchev–Trinajstić information content (AvgIpc) is 2.98. The quantitative estimate of drug-likeness (QED) is 0.0640. The molecule has 236 valence electrons. The summed E-state index contributed by atoms with van der Waals surface area (Å²) in [7, 11) is -2.82. The zero-order chi connectivity index (χ0) is 30.7. The third kappa shape index (κ3) is 11.7. The first kappa shape index (κ1) is 36.4. The molecular weight excluding hydrogens is 536 g/mol. The molecule has 0 aliphatic heterocycles. The predicted molar refractivity (Wildman–Crippen MR) is 181 cm³/mol. The Morgan fingerprint density at radius 3 is 1.55 bits per heavy atom. The minimum Gasteiger partial charge on any atom is -0.401 e. The summed E-state index contributed by atoms with van der Waals surface area (Å²) in [5.74, 6) is 0. The summed E-state index contributed by atoms with van der Waals surface area (Å²) >= 11 is 0. The van der Waals surface area contributed by atoms with E-state index in [-0.39, 0.29) is 11.1 Å². The molecule has 0 saturated heterocycles. The number of unbranched alkanes of at least 4 members (excludes halogenated alkanes) is 9. The smallest absolute Gasteiger partial charge is 0.261 e. The van der Waals surface area contributed by atoms with E-state index in [1.165, 1.54) is 61.7 Å². The van der Waals surface area contributed by atoms with Crippen molar-refractivity contribution >= 4 is 18.7 Å². The van der Waals surface area contributed by atoms with Gasteiger partial charge in [-0.2, -0.15) is 0 Å². The van der Waals surface area contributed by atoms with Crippen molar-refractivity contribution in [2.24, 2.45) is 0 Å². The van der Waals surface area contributed by atoms with Gasteiger partial charge in [0, 0.05) is 13.2 Å². The van der Waals surface area contributed by atoms with Crippen molar-refractivity contribution in [3.8, 4) is 0 Å². The molecule has 42 heavy (non-hydrogen) atoms. The zero-order valence-electron chi connectivity index (χ0n) is 27.5. The lowest BCUT2D eigenvalue weighted by Crippen LogP contribution is -2.68. The first-order valence-corrected chi connectivity index (χ1v) is 18.6. The number of aliphatic hydroxyl groups excluding tert-OH is 1. The first-order valence-electron chi connectivity index (χ1n) is 16.7. The van der Waals surface area contributed by atoms with Crippen LogP contribution in [0.3, 0.4) is 0 Å². The monoisotopic (exact) mass is 596 g/mol. The Hall–Kier alpha value is -1.76. The molecule has 2 aromatic carbocycles. The molecule has 4 nitrogen and oxygen atoms in total. The van der Waals surface area contributed by atoms with Gasteiger partial charge in [-0.25, -0.2) is 0 Å². The van der Waals surface area contributed by atoms with Crippen molar-refractivity contribution < 1.29 is 19.0 Å². The number of hydrogen-bond donors (Lipinski definition) is 1. The molecular formula is C37H60O4Si. The van der Waals surface area contributed by atoms with Crippen LogP contribution in [0.2, 0.25) is 5.04 Å². The molecule has 1 unspecified atom stereocenters. The van der Waals surface area contributed by atoms with Crippen molar-refractivity contribution in [2.75, 3.05) is 13.2 Å². The number of hydrogen-bond acceptors (Lipinski definition) is 4. The van der Waals surface area contributed by atoms with Crippen molar-refractivity contribution in [1.82, 2.24) is 0 Å². The van der Waals surface area contributed by atoms with Gasteiger partial charge in [-0.15, -0.1) is 0 Å². The van der Waals surface area contributed by atoms with Crippen LogP contribution in [0, 0.1) is 0 Å². The van der Waals surface area contributed by atoms with Crippen LogP contribution in [0.5, 0.6) is 0 Å². The second-order valence-corrected chi connectivity index (χ2v) is 16.7. The predicted octanol–water partition coefficient (Wildman–Crippen LogP) is 8.56. The minimum atomic E-state index is -2.82. The standard InChI is InChI=1S/C37H60O4Si/c1-7-10-11-12-13-14-15-16-17-24-29-35(34(38)30-31-36(39-8-2)40-9-3)41-42(37(4,5)6,32-25-20-18-21-26-32)33-27-22-19-23-28-33/h18-23,25-28,30-31,34-36,38H,7-17,24,29H2,1-6H3/b31-30-/t34?,35-/m0/s1. The van der Waals surface area contributed by atoms with Gasteiger partial charge in [0.25, 0.3) is 8.32 Å². The topological polar surface area (TPSA) is 47.9 Å². The number of rotatable bonds is 22. The summed E-state index contributed by atoms with van der Waals surface area (Å²) in [5.41, 5.74) is 0. The largest absolute Gasteiger partial charge is 0.401 e. The molecule has 0 spiro atoms. The third-order valence-electron chi connectivity index (χ3n) is 8.10. The highest BCUT2D eigenvalue weighted by molar-refractivity contribution is 6.99. The van der Waals surface area contributed by atoms with Crippen LogP contribution < -0.4 is 10.4 Å². The molecule has 2 rings (SSSR count). The van der Waals surface area contributed by atoms with Gasteiger partial charge in [-0.05, 0) is 41.8 Å². The summed E-state index contributed by atoms with van der Waals surface area (Å²) in [5, 5.41) is 14.0. The maximum atomic E-state index is 11.7. The van der Waals surface area contributed by atoms with Crippen molar-refractivity contribution in [3.63, 3.8) is 0 Å². The molecule has 1 N–H and O–H groups in total. The van der Waals surface area contributed by atoms with Crippen molar-refractivity contribution in [1.29, 1.82) is 0 Å². The van der Waals surface area contributed by atoms with Crippen LogP contribution >= 0.6 is 0 Å². The molecule has 0 heterocycles. The molecule has 2 aromatic rings. The third-order valence-corrected chi connectivity index (χ3v) is 13.2. The zero-order valence-corrected chi connectivity index (χ0v) is 28.5. The van der Waals surface area contributed by atoms with Gasteiger partial charge >= 0.3 is 0 Å². The normalized spacial score (nSPS) is 14.1. The fourth-order valence-electron chi connectivity index (χ4n) is 5.87. The summed E-state index contributed by atoms with van der Waals surface area (Å²) in [6.45, 7) is 14.1. The van der Waals surface area contributed by atoms with E-state index >= 15 is 0 Å². The van der Waals surface area contributed by atoms with Gasteiger partial charge in [-0.3, -0.25) is 0 Å². The van der Waals surface area contributed by atoms with Crippen LogP contribution in [0.15, 0.2) is 72.8 Å². The van der Waals surface area contributed by atoms with E-state index in [9.17, 15) is 5.11 Å². The molecule has 0 aromatic heterocycles. The Kier molecular flexibility index (Phi) is 17.6. The Balaban J connectivity index is 2.30. The van der Waals surface area contributed by atoms with E-state index in [1.54, 1.807) is 0 Å². The van der Waals surface area contributed by atoms with Gasteiger partial charge in [0.05, 0.1) is 12.2 Å². The molecule has 0 bridgehead atoms. The molecule has 5 heteroatoms. The van der Waals surface area contributed by atoms with E-state index in [0.717, 1.165) is 19.3 Å². The van der Waals surface area contributed by atoms with Gasteiger partial charge < -0.3 is 19.0 Å². The van der Waals surface area contributed by atoms with Crippen molar-refractivity contribution in [2.45, 2.75) is 136 Å². The lowest BCUT2D eigenvalue weighted by molar-refractivity contribution is -0.104. The van der Waals surface area contributed by atoms with E-state index < -0.39 is 20.7 Å². The average molecular weight is 597 g/mol. The van der Waals surface area contributed by atoms with Gasteiger partial charge in [0.1, 0.15) is 0 Å². The van der Waals surface area contributed by atoms with E-state index in [2.05, 4.69) is 88.4 Å². The summed E-state index contributed by atoms with van der Waals surface area (Å²) in [6, 6.07) is 21.4. The maximum Gasteiger partial charge on any atom is 0.261 e. The molecule has 2 atom stereocenters. The molecule has 0 aliphatic rings. The molecule has 0 radical (unpaired) electrons. The first-order chi connectivity index (χ1) is 20.3. The van der Waals surface area contributed by atoms with E-state index in [1.807, 2.05) is 26.0 Å². The lowest BCUT2D eigenvalue weighted by atomic mass is 10.0. The van der Waals surface area contributed by atoms with Gasteiger partial charge in [0.15, 0.2) is 6.29 Å². The van der Waals surface area contributed by atoms with Gasteiger partial charge in [-0.1, -0.05) is 159 Å². The fraction of sp³-hybridized carbons (Fsp3) is 0.622. The second-order valence-electron chi connectivity index (χ2n) is 12.4. The Bertz CT molecular complexity index is 911. The number of ether oxygens (including phenoxy) is 2. The van der Waals surface area contributed by atoms with Crippen LogP contribution in [-0.4, -0.2) is 45.1 Å². The van der Waals surface area contributed by atoms with Crippen LogP contribution in [0.4, 0.5) is 0 Å². The van der Waals surface area contributed by atoms with Crippen LogP contribution in [0.1, 0.15) is 112 Å². The fourth-order valence-corrected chi connectivity index (χ4v) is 10.6. The maximum absolute atomic E-state index is 11.7. The second kappa shape index (κ2) is 20.2. The Morgan fingerprint density at radius 2 is 1.12 bits per heavy atom. The summed E-state index contributed by atoms with van der Waals surface area (Å²) < 4.78 is 18.9. The summed E-state index contributed by atoms with van der Waals surface area (Å²) in [6.07, 6.45) is 15.7. The Labute approximate surface area is 259 Å². The number of benzene rings is 2. The minimum absolute atomic E-state index is 0.158. The van der Waals surface area contributed by atoms with Crippen LogP contribution in [0.25, 0.3) is 0 Å². The highest BCUT2D eigenvalue weighted by Crippen LogP contribution is 2.38. The molecule has 0 saturated carbocycles. The summed E-state index contributed by atoms with van der Waals surface area (Å²) in [4.78, 5) is 0. The van der Waals surface area contributed by atoms with Crippen LogP contribution in [-0.2, 0) is 13.9 Å². The highest BCUT2D eigenvalue weighted by Gasteiger charge is 2.51. The number of aliphatic hydroxyl groups is 1. The molecule has 0 amide bonds. The highest BCUT2D eigenvalue weighted by atomic mass is 28.4. The van der Waals surface area contributed by atoms with Gasteiger partial charge in [0.2, 0.25) is 0 Å². The lowest BCUT2D eigenvalue weighted by Gasteiger charge is -2.46. The molecule has 0 fully saturated rings. The molecule has 0 aliphatic carbocycles. The van der Waals surface area contributed by atoms with Crippen molar-refractivity contribution in [3.05, 3.63) is 72.8 Å².